The maximum absolute atomic E-state index is 5.05. The summed E-state index contributed by atoms with van der Waals surface area (Å²) >= 11 is 1.48. The topological polar surface area (TPSA) is 47.9 Å². The van der Waals surface area contributed by atoms with Crippen LogP contribution in [-0.4, -0.2) is 22.3 Å². The summed E-state index contributed by atoms with van der Waals surface area (Å²) in [7, 11) is 1.61. The zero-order valence-corrected chi connectivity index (χ0v) is 7.78. The number of rotatable bonds is 2. The highest BCUT2D eigenvalue weighted by Gasteiger charge is 2.02. The lowest BCUT2D eigenvalue weighted by molar-refractivity contribution is 0.413. The average Bonchev–Trinajstić information content (AvgIpc) is 2.71. The second kappa shape index (κ2) is 3.49. The predicted octanol–water partition coefficient (Wildman–Crippen LogP) is 1.61. The first kappa shape index (κ1) is 8.12. The number of hydrogen-bond acceptors (Lipinski definition) is 5. The van der Waals surface area contributed by atoms with Gasteiger partial charge in [0.15, 0.2) is 0 Å². The standard InChI is InChI=1S/C8H7N3OS/c1-12-7-2-6(3-9-4-7)8-11-10-5-13-8/h2-5H,1H3. The Balaban J connectivity index is 2.41. The molecule has 0 amide bonds. The molecule has 13 heavy (non-hydrogen) atoms. The van der Waals surface area contributed by atoms with E-state index in [-0.39, 0.29) is 0 Å². The van der Waals surface area contributed by atoms with Crippen LogP contribution in [-0.2, 0) is 0 Å². The van der Waals surface area contributed by atoms with E-state index in [4.69, 9.17) is 4.74 Å². The minimum atomic E-state index is 0.729. The van der Waals surface area contributed by atoms with Crippen LogP contribution in [0, 0.1) is 0 Å². The van der Waals surface area contributed by atoms with Gasteiger partial charge in [0, 0.05) is 11.8 Å². The molecule has 2 aromatic heterocycles. The van der Waals surface area contributed by atoms with Gasteiger partial charge < -0.3 is 4.74 Å². The lowest BCUT2D eigenvalue weighted by Crippen LogP contribution is -1.85. The lowest BCUT2D eigenvalue weighted by atomic mass is 10.3. The van der Waals surface area contributed by atoms with E-state index in [0.29, 0.717) is 0 Å². The zero-order chi connectivity index (χ0) is 9.10. The molecule has 0 fully saturated rings. The van der Waals surface area contributed by atoms with Crippen LogP contribution in [0.4, 0.5) is 0 Å². The number of nitrogens with zero attached hydrogens (tertiary/aromatic N) is 3. The van der Waals surface area contributed by atoms with E-state index in [1.807, 2.05) is 6.07 Å². The molecule has 0 spiro atoms. The van der Waals surface area contributed by atoms with Crippen molar-refractivity contribution in [1.82, 2.24) is 15.2 Å². The molecule has 5 heteroatoms. The third-order valence-electron chi connectivity index (χ3n) is 1.56. The van der Waals surface area contributed by atoms with Gasteiger partial charge in [0.2, 0.25) is 0 Å². The van der Waals surface area contributed by atoms with Crippen molar-refractivity contribution in [2.24, 2.45) is 0 Å². The summed E-state index contributed by atoms with van der Waals surface area (Å²) in [6.07, 6.45) is 3.40. The van der Waals surface area contributed by atoms with Crippen LogP contribution in [0.25, 0.3) is 10.6 Å². The Kier molecular flexibility index (Phi) is 2.18. The van der Waals surface area contributed by atoms with E-state index in [1.54, 1.807) is 25.0 Å². The van der Waals surface area contributed by atoms with E-state index in [2.05, 4.69) is 15.2 Å². The third-order valence-corrected chi connectivity index (χ3v) is 2.30. The number of methoxy groups -OCH3 is 1. The summed E-state index contributed by atoms with van der Waals surface area (Å²) in [4.78, 5) is 4.03. The molecule has 0 aliphatic heterocycles. The summed E-state index contributed by atoms with van der Waals surface area (Å²) in [6, 6.07) is 1.88. The molecule has 0 unspecified atom stereocenters. The van der Waals surface area contributed by atoms with Crippen LogP contribution in [0.1, 0.15) is 0 Å². The van der Waals surface area contributed by atoms with Crippen molar-refractivity contribution in [2.75, 3.05) is 7.11 Å². The van der Waals surface area contributed by atoms with E-state index in [0.717, 1.165) is 16.3 Å². The second-order valence-corrected chi connectivity index (χ2v) is 3.19. The minimum Gasteiger partial charge on any atom is -0.495 e. The van der Waals surface area contributed by atoms with Crippen LogP contribution in [0.3, 0.4) is 0 Å². The Morgan fingerprint density at radius 2 is 2.31 bits per heavy atom. The molecule has 0 saturated heterocycles. The van der Waals surface area contributed by atoms with Gasteiger partial charge in [0.05, 0.1) is 13.3 Å². The molecule has 0 aliphatic carbocycles. The third kappa shape index (κ3) is 1.65. The van der Waals surface area contributed by atoms with E-state index in [1.165, 1.54) is 11.3 Å². The van der Waals surface area contributed by atoms with Crippen molar-refractivity contribution < 1.29 is 4.74 Å². The maximum atomic E-state index is 5.05. The van der Waals surface area contributed by atoms with E-state index in [9.17, 15) is 0 Å². The van der Waals surface area contributed by atoms with Crippen molar-refractivity contribution in [3.05, 3.63) is 24.0 Å². The minimum absolute atomic E-state index is 0.729. The summed E-state index contributed by atoms with van der Waals surface area (Å²) < 4.78 is 5.05. The monoisotopic (exact) mass is 193 g/mol. The quantitative estimate of drug-likeness (QED) is 0.727. The van der Waals surface area contributed by atoms with Crippen LogP contribution in [0.2, 0.25) is 0 Å². The molecule has 2 rings (SSSR count). The van der Waals surface area contributed by atoms with Crippen molar-refractivity contribution in [3.63, 3.8) is 0 Å². The van der Waals surface area contributed by atoms with Gasteiger partial charge >= 0.3 is 0 Å². The number of hydrogen-bond donors (Lipinski definition) is 0. The highest BCUT2D eigenvalue weighted by atomic mass is 32.1. The smallest absolute Gasteiger partial charge is 0.149 e. The molecule has 66 valence electrons. The fourth-order valence-electron chi connectivity index (χ4n) is 0.946. The highest BCUT2D eigenvalue weighted by Crippen LogP contribution is 2.22. The lowest BCUT2D eigenvalue weighted by Gasteiger charge is -1.99. The Morgan fingerprint density at radius 1 is 1.38 bits per heavy atom. The normalized spacial score (nSPS) is 9.92. The van der Waals surface area contributed by atoms with Crippen molar-refractivity contribution in [3.8, 4) is 16.3 Å². The highest BCUT2D eigenvalue weighted by molar-refractivity contribution is 7.12. The first-order chi connectivity index (χ1) is 6.40. The van der Waals surface area contributed by atoms with Gasteiger partial charge in [-0.2, -0.15) is 0 Å². The van der Waals surface area contributed by atoms with Gasteiger partial charge in [-0.05, 0) is 6.07 Å². The molecule has 0 bridgehead atoms. The van der Waals surface area contributed by atoms with E-state index >= 15 is 0 Å². The Morgan fingerprint density at radius 3 is 3.00 bits per heavy atom. The summed E-state index contributed by atoms with van der Waals surface area (Å²) in [5.41, 5.74) is 2.62. The summed E-state index contributed by atoms with van der Waals surface area (Å²) in [5, 5.41) is 8.54. The molecule has 0 atom stereocenters. The average molecular weight is 193 g/mol. The van der Waals surface area contributed by atoms with Gasteiger partial charge in [-0.3, -0.25) is 4.98 Å². The SMILES string of the molecule is COc1cncc(-c2nncs2)c1. The molecule has 2 aromatic rings. The van der Waals surface area contributed by atoms with Gasteiger partial charge in [-0.1, -0.05) is 11.3 Å². The molecule has 0 radical (unpaired) electrons. The molecule has 0 N–H and O–H groups in total. The second-order valence-electron chi connectivity index (χ2n) is 2.36. The largest absolute Gasteiger partial charge is 0.495 e. The Bertz CT molecular complexity index is 388. The summed E-state index contributed by atoms with van der Waals surface area (Å²) in [5.74, 6) is 0.729. The molecular weight excluding hydrogens is 186 g/mol. The summed E-state index contributed by atoms with van der Waals surface area (Å²) in [6.45, 7) is 0. The van der Waals surface area contributed by atoms with Gasteiger partial charge in [-0.15, -0.1) is 10.2 Å². The number of aromatic nitrogens is 3. The number of ether oxygens (including phenoxy) is 1. The molecule has 4 nitrogen and oxygen atoms in total. The molecule has 0 aromatic carbocycles. The van der Waals surface area contributed by atoms with E-state index < -0.39 is 0 Å². The first-order valence-electron chi connectivity index (χ1n) is 3.66. The van der Waals surface area contributed by atoms with Crippen LogP contribution >= 0.6 is 11.3 Å². The molecule has 0 saturated carbocycles. The Hall–Kier alpha value is -1.49. The molecule has 2 heterocycles. The van der Waals surface area contributed by atoms with Gasteiger partial charge in [-0.25, -0.2) is 0 Å². The van der Waals surface area contributed by atoms with Crippen molar-refractivity contribution in [2.45, 2.75) is 0 Å². The van der Waals surface area contributed by atoms with Crippen molar-refractivity contribution in [1.29, 1.82) is 0 Å². The predicted molar refractivity (Wildman–Crippen MR) is 49.7 cm³/mol. The molecular formula is C8H7N3OS. The maximum Gasteiger partial charge on any atom is 0.149 e. The fraction of sp³-hybridized carbons (Fsp3) is 0.125. The first-order valence-corrected chi connectivity index (χ1v) is 4.53. The van der Waals surface area contributed by atoms with Crippen molar-refractivity contribution >= 4 is 11.3 Å². The fourth-order valence-corrected chi connectivity index (χ4v) is 1.48. The molecule has 0 aliphatic rings. The van der Waals surface area contributed by atoms with Crippen LogP contribution in [0.5, 0.6) is 5.75 Å². The van der Waals surface area contributed by atoms with Crippen LogP contribution < -0.4 is 4.74 Å². The number of pyridine rings is 1. The van der Waals surface area contributed by atoms with Crippen LogP contribution in [0.15, 0.2) is 24.0 Å². The Labute approximate surface area is 79.2 Å². The zero-order valence-electron chi connectivity index (χ0n) is 6.97. The van der Waals surface area contributed by atoms with Gasteiger partial charge in [0.1, 0.15) is 16.3 Å². The van der Waals surface area contributed by atoms with Gasteiger partial charge in [0.25, 0.3) is 0 Å².